The van der Waals surface area contributed by atoms with Crippen molar-refractivity contribution in [3.05, 3.63) is 24.0 Å². The monoisotopic (exact) mass is 314 g/mol. The molecule has 2 rings (SSSR count). The van der Waals surface area contributed by atoms with Crippen LogP contribution in [0.3, 0.4) is 0 Å². The predicted molar refractivity (Wildman–Crippen MR) is 83.2 cm³/mol. The zero-order chi connectivity index (χ0) is 14.8. The predicted octanol–water partition coefficient (Wildman–Crippen LogP) is 0.680. The molecular formula is C12H18N4O2S2. The Bertz CT molecular complexity index is 603. The van der Waals surface area contributed by atoms with Gasteiger partial charge < -0.3 is 10.6 Å². The van der Waals surface area contributed by atoms with Gasteiger partial charge in [0.15, 0.2) is 9.84 Å². The van der Waals surface area contributed by atoms with Gasteiger partial charge in [-0.05, 0) is 12.1 Å². The Labute approximate surface area is 123 Å². The van der Waals surface area contributed by atoms with Crippen LogP contribution < -0.4 is 10.6 Å². The third kappa shape index (κ3) is 2.90. The zero-order valence-electron chi connectivity index (χ0n) is 11.2. The van der Waals surface area contributed by atoms with Crippen molar-refractivity contribution in [2.75, 3.05) is 28.7 Å². The number of hydrogen-bond acceptors (Lipinski definition) is 6. The molecule has 1 aliphatic rings. The van der Waals surface area contributed by atoms with Crippen LogP contribution in [0.25, 0.3) is 0 Å². The lowest BCUT2D eigenvalue weighted by Crippen LogP contribution is -2.48. The van der Waals surface area contributed by atoms with Crippen molar-refractivity contribution >= 4 is 33.1 Å². The van der Waals surface area contributed by atoms with Gasteiger partial charge >= 0.3 is 0 Å². The van der Waals surface area contributed by atoms with Gasteiger partial charge in [0.05, 0.1) is 5.69 Å². The number of anilines is 1. The van der Waals surface area contributed by atoms with Gasteiger partial charge in [-0.1, -0.05) is 6.92 Å². The normalized spacial score (nSPS) is 19.9. The number of aromatic nitrogens is 1. The van der Waals surface area contributed by atoms with Crippen LogP contribution in [-0.4, -0.2) is 48.4 Å². The lowest BCUT2D eigenvalue weighted by Gasteiger charge is -2.37. The van der Waals surface area contributed by atoms with Crippen LogP contribution in [0.1, 0.15) is 12.6 Å². The van der Waals surface area contributed by atoms with E-state index >= 15 is 0 Å². The Balaban J connectivity index is 2.46. The molecule has 20 heavy (non-hydrogen) atoms. The first kappa shape index (κ1) is 15.1. The fourth-order valence-corrected chi connectivity index (χ4v) is 5.17. The number of rotatable bonds is 4. The van der Waals surface area contributed by atoms with Crippen molar-refractivity contribution in [2.45, 2.75) is 12.3 Å². The molecule has 110 valence electrons. The van der Waals surface area contributed by atoms with Gasteiger partial charge in [0.2, 0.25) is 0 Å². The first-order valence-electron chi connectivity index (χ1n) is 6.32. The first-order chi connectivity index (χ1) is 9.47. The maximum absolute atomic E-state index is 12.3. The van der Waals surface area contributed by atoms with E-state index in [1.807, 2.05) is 4.90 Å². The Morgan fingerprint density at radius 1 is 1.65 bits per heavy atom. The topological polar surface area (TPSA) is 100 Å². The van der Waals surface area contributed by atoms with Gasteiger partial charge in [0.25, 0.3) is 0 Å². The fourth-order valence-electron chi connectivity index (χ4n) is 2.18. The van der Waals surface area contributed by atoms with Gasteiger partial charge in [0.1, 0.15) is 16.9 Å². The summed E-state index contributed by atoms with van der Waals surface area (Å²) in [4.78, 5) is 5.92. The molecule has 1 aliphatic heterocycles. The number of nitrogens with zero attached hydrogens (tertiary/aromatic N) is 2. The minimum atomic E-state index is -3.20. The first-order valence-corrected chi connectivity index (χ1v) is 9.19. The van der Waals surface area contributed by atoms with Crippen LogP contribution >= 0.6 is 11.8 Å². The molecule has 0 spiro atoms. The lowest BCUT2D eigenvalue weighted by molar-refractivity contribution is 0.579. The molecule has 1 saturated heterocycles. The van der Waals surface area contributed by atoms with Crippen molar-refractivity contribution in [1.82, 2.24) is 4.98 Å². The second-order valence-corrected chi connectivity index (χ2v) is 8.06. The fraction of sp³-hybridized carbons (Fsp3) is 0.500. The molecule has 0 saturated carbocycles. The Hall–Kier alpha value is -1.28. The standard InChI is InChI=1S/C12H18N4O2S2/c1-2-20(17,18)10-8-19-7-6-16(10)9-4-3-5-15-11(9)12(13)14/h3-5,10H,2,6-8H2,1H3,(H3,13,14). The van der Waals surface area contributed by atoms with Crippen LogP contribution in [0.4, 0.5) is 5.69 Å². The van der Waals surface area contributed by atoms with E-state index in [0.717, 1.165) is 5.75 Å². The minimum Gasteiger partial charge on any atom is -0.382 e. The van der Waals surface area contributed by atoms with E-state index in [1.165, 1.54) is 0 Å². The molecule has 1 aromatic heterocycles. The summed E-state index contributed by atoms with van der Waals surface area (Å²) < 4.78 is 24.5. The highest BCUT2D eigenvalue weighted by atomic mass is 32.2. The summed E-state index contributed by atoms with van der Waals surface area (Å²) >= 11 is 1.63. The van der Waals surface area contributed by atoms with Crippen LogP contribution in [0, 0.1) is 5.41 Å². The molecule has 0 amide bonds. The molecule has 6 nitrogen and oxygen atoms in total. The number of nitrogens with two attached hydrogens (primary N) is 1. The molecule has 1 aromatic rings. The number of nitrogen functional groups attached to an aromatic ring is 1. The van der Waals surface area contributed by atoms with Crippen molar-refractivity contribution in [3.63, 3.8) is 0 Å². The zero-order valence-corrected chi connectivity index (χ0v) is 12.9. The van der Waals surface area contributed by atoms with Gasteiger partial charge in [-0.2, -0.15) is 11.8 Å². The summed E-state index contributed by atoms with van der Waals surface area (Å²) in [7, 11) is -3.20. The minimum absolute atomic E-state index is 0.102. The second-order valence-electron chi connectivity index (χ2n) is 4.46. The average molecular weight is 314 g/mol. The average Bonchev–Trinajstić information content (AvgIpc) is 2.47. The Kier molecular flexibility index (Phi) is 4.54. The lowest BCUT2D eigenvalue weighted by atomic mass is 10.2. The molecule has 1 atom stereocenters. The summed E-state index contributed by atoms with van der Waals surface area (Å²) in [6, 6.07) is 3.51. The molecule has 8 heteroatoms. The smallest absolute Gasteiger partial charge is 0.171 e. The maximum Gasteiger partial charge on any atom is 0.171 e. The van der Waals surface area contributed by atoms with Gasteiger partial charge in [-0.3, -0.25) is 10.4 Å². The maximum atomic E-state index is 12.3. The van der Waals surface area contributed by atoms with Gasteiger partial charge in [-0.15, -0.1) is 0 Å². The Morgan fingerprint density at radius 2 is 2.40 bits per heavy atom. The number of pyridine rings is 1. The van der Waals surface area contributed by atoms with Crippen LogP contribution in [0.15, 0.2) is 18.3 Å². The third-order valence-corrected chi connectivity index (χ3v) is 6.54. The molecule has 2 heterocycles. The number of sulfone groups is 1. The van der Waals surface area contributed by atoms with Crippen LogP contribution in [0.2, 0.25) is 0 Å². The highest BCUT2D eigenvalue weighted by molar-refractivity contribution is 8.01. The number of amidine groups is 1. The quantitative estimate of drug-likeness (QED) is 0.626. The summed E-state index contributed by atoms with van der Waals surface area (Å²) in [5, 5.41) is 7.02. The molecule has 0 bridgehead atoms. The summed E-state index contributed by atoms with van der Waals surface area (Å²) in [6.45, 7) is 2.27. The molecule has 0 radical (unpaired) electrons. The van der Waals surface area contributed by atoms with Crippen molar-refractivity contribution < 1.29 is 8.42 Å². The van der Waals surface area contributed by atoms with E-state index in [0.29, 0.717) is 23.7 Å². The number of hydrogen-bond donors (Lipinski definition) is 2. The number of nitrogens with one attached hydrogen (secondary N) is 1. The van der Waals surface area contributed by atoms with E-state index in [2.05, 4.69) is 4.98 Å². The molecule has 1 unspecified atom stereocenters. The molecular weight excluding hydrogens is 296 g/mol. The van der Waals surface area contributed by atoms with Crippen LogP contribution in [0.5, 0.6) is 0 Å². The summed E-state index contributed by atoms with van der Waals surface area (Å²) in [5.74, 6) is 1.33. The molecule has 0 aliphatic carbocycles. The molecule has 0 aromatic carbocycles. The molecule has 3 N–H and O–H groups in total. The van der Waals surface area contributed by atoms with E-state index in [4.69, 9.17) is 11.1 Å². The van der Waals surface area contributed by atoms with Crippen LogP contribution in [-0.2, 0) is 9.84 Å². The summed E-state index contributed by atoms with van der Waals surface area (Å²) in [6.07, 6.45) is 1.56. The molecule has 1 fully saturated rings. The van der Waals surface area contributed by atoms with E-state index < -0.39 is 15.2 Å². The largest absolute Gasteiger partial charge is 0.382 e. The summed E-state index contributed by atoms with van der Waals surface area (Å²) in [5.41, 5.74) is 6.52. The van der Waals surface area contributed by atoms with E-state index in [1.54, 1.807) is 37.0 Å². The highest BCUT2D eigenvalue weighted by Crippen LogP contribution is 2.28. The van der Waals surface area contributed by atoms with Crippen molar-refractivity contribution in [3.8, 4) is 0 Å². The number of thioether (sulfide) groups is 1. The van der Waals surface area contributed by atoms with E-state index in [-0.39, 0.29) is 11.6 Å². The van der Waals surface area contributed by atoms with Crippen molar-refractivity contribution in [2.24, 2.45) is 5.73 Å². The second kappa shape index (κ2) is 6.01. The SMILES string of the molecule is CCS(=O)(=O)C1CSCCN1c1cccnc1C(=N)N. The highest BCUT2D eigenvalue weighted by Gasteiger charge is 2.34. The van der Waals surface area contributed by atoms with E-state index in [9.17, 15) is 8.42 Å². The van der Waals surface area contributed by atoms with Gasteiger partial charge in [0, 0.05) is 30.0 Å². The third-order valence-electron chi connectivity index (χ3n) is 3.25. The van der Waals surface area contributed by atoms with Crippen molar-refractivity contribution in [1.29, 1.82) is 5.41 Å². The Morgan fingerprint density at radius 3 is 3.05 bits per heavy atom. The van der Waals surface area contributed by atoms with Gasteiger partial charge in [-0.25, -0.2) is 8.42 Å².